The third-order valence-electron chi connectivity index (χ3n) is 3.66. The van der Waals surface area contributed by atoms with Gasteiger partial charge < -0.3 is 10.6 Å². The second kappa shape index (κ2) is 7.34. The molecule has 3 atom stereocenters. The molecule has 1 heterocycles. The van der Waals surface area contributed by atoms with Crippen molar-refractivity contribution >= 4 is 29.3 Å². The van der Waals surface area contributed by atoms with E-state index in [0.29, 0.717) is 10.9 Å². The SMILES string of the molecule is CC(Sc1ccccc1Cl)C(=O)NC1CNCCC1C. The molecule has 1 aromatic rings. The van der Waals surface area contributed by atoms with E-state index in [-0.39, 0.29) is 17.2 Å². The molecule has 2 N–H and O–H groups in total. The van der Waals surface area contributed by atoms with Gasteiger partial charge in [-0.05, 0) is 37.9 Å². The van der Waals surface area contributed by atoms with Gasteiger partial charge in [-0.25, -0.2) is 0 Å². The monoisotopic (exact) mass is 312 g/mol. The van der Waals surface area contributed by atoms with Crippen molar-refractivity contribution in [1.82, 2.24) is 10.6 Å². The van der Waals surface area contributed by atoms with E-state index in [1.54, 1.807) is 0 Å². The minimum atomic E-state index is -0.149. The molecule has 0 saturated carbocycles. The van der Waals surface area contributed by atoms with Crippen molar-refractivity contribution in [3.8, 4) is 0 Å². The molecule has 1 fully saturated rings. The number of piperidine rings is 1. The molecule has 20 heavy (non-hydrogen) atoms. The predicted octanol–water partition coefficient (Wildman–Crippen LogP) is 2.93. The molecule has 0 aromatic heterocycles. The maximum absolute atomic E-state index is 12.3. The fourth-order valence-electron chi connectivity index (χ4n) is 2.27. The number of hydrogen-bond acceptors (Lipinski definition) is 3. The van der Waals surface area contributed by atoms with Crippen LogP contribution in [0.3, 0.4) is 0 Å². The minimum absolute atomic E-state index is 0.0791. The van der Waals surface area contributed by atoms with Crippen molar-refractivity contribution < 1.29 is 4.79 Å². The summed E-state index contributed by atoms with van der Waals surface area (Å²) in [7, 11) is 0. The largest absolute Gasteiger partial charge is 0.351 e. The Labute approximate surface area is 129 Å². The van der Waals surface area contributed by atoms with Crippen LogP contribution in [0.2, 0.25) is 5.02 Å². The van der Waals surface area contributed by atoms with Gasteiger partial charge in [-0.15, -0.1) is 11.8 Å². The van der Waals surface area contributed by atoms with Crippen LogP contribution in [0.4, 0.5) is 0 Å². The third kappa shape index (κ3) is 4.14. The van der Waals surface area contributed by atoms with Gasteiger partial charge in [0.2, 0.25) is 5.91 Å². The summed E-state index contributed by atoms with van der Waals surface area (Å²) in [6, 6.07) is 7.85. The van der Waals surface area contributed by atoms with Gasteiger partial charge >= 0.3 is 0 Å². The fraction of sp³-hybridized carbons (Fsp3) is 0.533. The second-order valence-corrected chi connectivity index (χ2v) is 7.07. The van der Waals surface area contributed by atoms with Gasteiger partial charge in [0.15, 0.2) is 0 Å². The summed E-state index contributed by atoms with van der Waals surface area (Å²) in [5.41, 5.74) is 0. The normalized spacial score (nSPS) is 24.1. The number of rotatable bonds is 4. The topological polar surface area (TPSA) is 41.1 Å². The number of amides is 1. The van der Waals surface area contributed by atoms with Crippen LogP contribution in [-0.2, 0) is 4.79 Å². The fourth-order valence-corrected chi connectivity index (χ4v) is 3.43. The van der Waals surface area contributed by atoms with E-state index < -0.39 is 0 Å². The summed E-state index contributed by atoms with van der Waals surface area (Å²) in [4.78, 5) is 13.2. The summed E-state index contributed by atoms with van der Waals surface area (Å²) >= 11 is 7.63. The number of benzene rings is 1. The molecule has 0 bridgehead atoms. The van der Waals surface area contributed by atoms with Crippen molar-refractivity contribution in [3.63, 3.8) is 0 Å². The summed E-state index contributed by atoms with van der Waals surface area (Å²) in [5.74, 6) is 0.605. The van der Waals surface area contributed by atoms with E-state index in [2.05, 4.69) is 17.6 Å². The number of carbonyl (C=O) groups is 1. The average Bonchev–Trinajstić information content (AvgIpc) is 2.43. The summed E-state index contributed by atoms with van der Waals surface area (Å²) < 4.78 is 0. The lowest BCUT2D eigenvalue weighted by Gasteiger charge is -2.31. The lowest BCUT2D eigenvalue weighted by molar-refractivity contribution is -0.121. The highest BCUT2D eigenvalue weighted by molar-refractivity contribution is 8.00. The lowest BCUT2D eigenvalue weighted by Crippen LogP contribution is -2.51. The number of nitrogens with one attached hydrogen (secondary N) is 2. The highest BCUT2D eigenvalue weighted by Crippen LogP contribution is 2.30. The smallest absolute Gasteiger partial charge is 0.233 e. The minimum Gasteiger partial charge on any atom is -0.351 e. The first-order chi connectivity index (χ1) is 9.58. The molecule has 2 rings (SSSR count). The molecule has 1 saturated heterocycles. The Morgan fingerprint density at radius 3 is 2.95 bits per heavy atom. The molecule has 3 unspecified atom stereocenters. The van der Waals surface area contributed by atoms with Crippen LogP contribution in [0.5, 0.6) is 0 Å². The summed E-state index contributed by atoms with van der Waals surface area (Å²) in [6.07, 6.45) is 1.11. The van der Waals surface area contributed by atoms with Gasteiger partial charge in [0.1, 0.15) is 0 Å². The first-order valence-electron chi connectivity index (χ1n) is 7.00. The molecular weight excluding hydrogens is 292 g/mol. The van der Waals surface area contributed by atoms with Crippen LogP contribution >= 0.6 is 23.4 Å². The molecule has 1 aliphatic rings. The molecule has 0 radical (unpaired) electrons. The Kier molecular flexibility index (Phi) is 5.75. The van der Waals surface area contributed by atoms with Crippen molar-refractivity contribution in [2.24, 2.45) is 5.92 Å². The first kappa shape index (κ1) is 15.7. The third-order valence-corrected chi connectivity index (χ3v) is 5.28. The van der Waals surface area contributed by atoms with E-state index >= 15 is 0 Å². The zero-order valence-corrected chi connectivity index (χ0v) is 13.4. The Morgan fingerprint density at radius 2 is 2.25 bits per heavy atom. The highest BCUT2D eigenvalue weighted by Gasteiger charge is 2.25. The quantitative estimate of drug-likeness (QED) is 0.840. The standard InChI is InChI=1S/C15H21ClN2OS/c1-10-7-8-17-9-13(10)18-15(19)11(2)20-14-6-4-3-5-12(14)16/h3-6,10-11,13,17H,7-9H2,1-2H3,(H,18,19). The molecule has 1 aliphatic heterocycles. The zero-order chi connectivity index (χ0) is 14.5. The maximum atomic E-state index is 12.3. The van der Waals surface area contributed by atoms with Crippen LogP contribution in [0.25, 0.3) is 0 Å². The zero-order valence-electron chi connectivity index (χ0n) is 11.9. The molecule has 1 amide bonds. The molecular formula is C15H21ClN2OS. The van der Waals surface area contributed by atoms with Gasteiger partial charge in [-0.3, -0.25) is 4.79 Å². The molecule has 3 nitrogen and oxygen atoms in total. The highest BCUT2D eigenvalue weighted by atomic mass is 35.5. The maximum Gasteiger partial charge on any atom is 0.233 e. The van der Waals surface area contributed by atoms with Crippen molar-refractivity contribution in [2.75, 3.05) is 13.1 Å². The van der Waals surface area contributed by atoms with Gasteiger partial charge in [0.05, 0.1) is 10.3 Å². The van der Waals surface area contributed by atoms with Crippen LogP contribution in [0, 0.1) is 5.92 Å². The predicted molar refractivity (Wildman–Crippen MR) is 85.4 cm³/mol. The summed E-state index contributed by atoms with van der Waals surface area (Å²) in [6.45, 7) is 6.01. The van der Waals surface area contributed by atoms with Gasteiger partial charge in [-0.1, -0.05) is 30.7 Å². The van der Waals surface area contributed by atoms with Crippen LogP contribution in [0.1, 0.15) is 20.3 Å². The number of thioether (sulfide) groups is 1. The Bertz CT molecular complexity index is 469. The van der Waals surface area contributed by atoms with E-state index in [1.807, 2.05) is 31.2 Å². The van der Waals surface area contributed by atoms with Crippen LogP contribution in [-0.4, -0.2) is 30.3 Å². The molecule has 0 spiro atoms. The Hall–Kier alpha value is -0.710. The number of hydrogen-bond donors (Lipinski definition) is 2. The van der Waals surface area contributed by atoms with E-state index in [0.717, 1.165) is 24.4 Å². The van der Waals surface area contributed by atoms with E-state index in [1.165, 1.54) is 11.8 Å². The van der Waals surface area contributed by atoms with Crippen molar-refractivity contribution in [1.29, 1.82) is 0 Å². The van der Waals surface area contributed by atoms with Gasteiger partial charge in [0, 0.05) is 17.5 Å². The average molecular weight is 313 g/mol. The number of carbonyl (C=O) groups excluding carboxylic acids is 1. The van der Waals surface area contributed by atoms with Crippen molar-refractivity contribution in [2.45, 2.75) is 36.5 Å². The van der Waals surface area contributed by atoms with Gasteiger partial charge in [-0.2, -0.15) is 0 Å². The van der Waals surface area contributed by atoms with E-state index in [4.69, 9.17) is 11.6 Å². The number of halogens is 1. The van der Waals surface area contributed by atoms with Gasteiger partial charge in [0.25, 0.3) is 0 Å². The van der Waals surface area contributed by atoms with Crippen LogP contribution < -0.4 is 10.6 Å². The second-order valence-electron chi connectivity index (χ2n) is 5.28. The lowest BCUT2D eigenvalue weighted by atomic mass is 9.95. The Morgan fingerprint density at radius 1 is 1.50 bits per heavy atom. The molecule has 0 aliphatic carbocycles. The van der Waals surface area contributed by atoms with Crippen molar-refractivity contribution in [3.05, 3.63) is 29.3 Å². The molecule has 1 aromatic carbocycles. The van der Waals surface area contributed by atoms with Crippen LogP contribution in [0.15, 0.2) is 29.2 Å². The van der Waals surface area contributed by atoms with E-state index in [9.17, 15) is 4.79 Å². The Balaban J connectivity index is 1.90. The first-order valence-corrected chi connectivity index (χ1v) is 8.26. The summed E-state index contributed by atoms with van der Waals surface area (Å²) in [5, 5.41) is 7.02. The molecule has 110 valence electrons. The molecule has 5 heteroatoms.